The van der Waals surface area contributed by atoms with E-state index >= 15 is 0 Å². The number of hydrogen-bond acceptors (Lipinski definition) is 5. The molecule has 1 N–H and O–H groups in total. The Morgan fingerprint density at radius 1 is 1.33 bits per heavy atom. The lowest BCUT2D eigenvalue weighted by atomic mass is 9.78. The molecule has 0 saturated heterocycles. The molecule has 2 aromatic rings. The van der Waals surface area contributed by atoms with Crippen LogP contribution in [0.25, 0.3) is 5.78 Å². The first-order valence-corrected chi connectivity index (χ1v) is 9.56. The molecular weight excluding hydrogens is 322 g/mol. The topological polar surface area (TPSA) is 72.2 Å². The summed E-state index contributed by atoms with van der Waals surface area (Å²) in [7, 11) is 0. The van der Waals surface area contributed by atoms with E-state index in [4.69, 9.17) is 0 Å². The Bertz CT molecular complexity index is 744. The van der Waals surface area contributed by atoms with E-state index in [2.05, 4.69) is 34.2 Å². The van der Waals surface area contributed by atoms with Crippen LogP contribution in [0.15, 0.2) is 11.2 Å². The summed E-state index contributed by atoms with van der Waals surface area (Å²) in [6.45, 7) is 8.43. The van der Waals surface area contributed by atoms with Crippen LogP contribution in [-0.4, -0.2) is 37.3 Å². The molecule has 1 aliphatic rings. The highest BCUT2D eigenvalue weighted by molar-refractivity contribution is 7.99. The molecule has 3 rings (SSSR count). The van der Waals surface area contributed by atoms with Gasteiger partial charge in [-0.05, 0) is 38.2 Å². The number of aromatic nitrogens is 4. The Balaban J connectivity index is 1.59. The molecule has 1 saturated carbocycles. The zero-order valence-electron chi connectivity index (χ0n) is 14.7. The van der Waals surface area contributed by atoms with Crippen LogP contribution < -0.4 is 5.32 Å². The Kier molecular flexibility index (Phi) is 5.08. The van der Waals surface area contributed by atoms with Crippen LogP contribution in [0.4, 0.5) is 0 Å². The monoisotopic (exact) mass is 347 g/mol. The predicted molar refractivity (Wildman–Crippen MR) is 95.1 cm³/mol. The van der Waals surface area contributed by atoms with E-state index in [9.17, 15) is 4.79 Å². The summed E-state index contributed by atoms with van der Waals surface area (Å²) in [6.07, 6.45) is 3.54. The number of fused-ring (bicyclic) bond motifs is 1. The van der Waals surface area contributed by atoms with E-state index in [1.165, 1.54) is 24.6 Å². The van der Waals surface area contributed by atoms with E-state index in [0.717, 1.165) is 17.8 Å². The molecule has 2 heterocycles. The zero-order chi connectivity index (χ0) is 17.3. The SMILES string of the molecule is Cc1cc(C)n2nc(SCC(=O)N[C@@H]3CCC[C@@H](C)[C@H]3C)nc2n1. The van der Waals surface area contributed by atoms with Gasteiger partial charge in [-0.25, -0.2) is 9.50 Å². The third-order valence-corrected chi connectivity index (χ3v) is 5.82. The number of hydrogen-bond donors (Lipinski definition) is 1. The maximum atomic E-state index is 12.3. The highest BCUT2D eigenvalue weighted by Gasteiger charge is 2.28. The number of nitrogens with one attached hydrogen (secondary N) is 1. The van der Waals surface area contributed by atoms with Gasteiger partial charge in [-0.3, -0.25) is 4.79 Å². The summed E-state index contributed by atoms with van der Waals surface area (Å²) < 4.78 is 1.72. The van der Waals surface area contributed by atoms with Crippen molar-refractivity contribution in [2.45, 2.75) is 58.2 Å². The van der Waals surface area contributed by atoms with Crippen molar-refractivity contribution < 1.29 is 4.79 Å². The van der Waals surface area contributed by atoms with Gasteiger partial charge < -0.3 is 5.32 Å². The number of aryl methyl sites for hydroxylation is 2. The van der Waals surface area contributed by atoms with Crippen LogP contribution in [0.5, 0.6) is 0 Å². The first-order chi connectivity index (χ1) is 11.4. The van der Waals surface area contributed by atoms with E-state index in [1.807, 2.05) is 19.9 Å². The van der Waals surface area contributed by atoms with Crippen molar-refractivity contribution >= 4 is 23.4 Å². The first kappa shape index (κ1) is 17.2. The van der Waals surface area contributed by atoms with Gasteiger partial charge in [0.05, 0.1) is 5.75 Å². The van der Waals surface area contributed by atoms with Crippen LogP contribution in [0, 0.1) is 25.7 Å². The quantitative estimate of drug-likeness (QED) is 0.861. The normalized spacial score (nSPS) is 24.2. The zero-order valence-corrected chi connectivity index (χ0v) is 15.6. The van der Waals surface area contributed by atoms with Gasteiger partial charge >= 0.3 is 0 Å². The fourth-order valence-electron chi connectivity index (χ4n) is 3.37. The second-order valence-corrected chi connectivity index (χ2v) is 7.82. The number of amides is 1. The molecule has 0 bridgehead atoms. The third-order valence-electron chi connectivity index (χ3n) is 4.98. The Hall–Kier alpha value is -1.63. The molecule has 0 aliphatic heterocycles. The number of thioether (sulfide) groups is 1. The Morgan fingerprint density at radius 3 is 2.92 bits per heavy atom. The molecule has 3 atom stereocenters. The third kappa shape index (κ3) is 3.71. The number of carbonyl (C=O) groups is 1. The van der Waals surface area contributed by atoms with E-state index < -0.39 is 0 Å². The van der Waals surface area contributed by atoms with Crippen LogP contribution in [-0.2, 0) is 4.79 Å². The number of nitrogens with zero attached hydrogens (tertiary/aromatic N) is 4. The first-order valence-electron chi connectivity index (χ1n) is 8.57. The van der Waals surface area contributed by atoms with Crippen molar-refractivity contribution in [1.29, 1.82) is 0 Å². The molecule has 2 aromatic heterocycles. The van der Waals surface area contributed by atoms with Crippen LogP contribution in [0.2, 0.25) is 0 Å². The number of carbonyl (C=O) groups excluding carboxylic acids is 1. The summed E-state index contributed by atoms with van der Waals surface area (Å²) in [5.74, 6) is 2.20. The fourth-order valence-corrected chi connectivity index (χ4v) is 4.00. The molecule has 0 aromatic carbocycles. The summed E-state index contributed by atoms with van der Waals surface area (Å²) in [5.41, 5.74) is 1.91. The maximum Gasteiger partial charge on any atom is 0.253 e. The maximum absolute atomic E-state index is 12.3. The van der Waals surface area contributed by atoms with Gasteiger partial charge in [0.1, 0.15) is 0 Å². The minimum absolute atomic E-state index is 0.0608. The van der Waals surface area contributed by atoms with Gasteiger partial charge in [0.2, 0.25) is 11.1 Å². The van der Waals surface area contributed by atoms with Gasteiger partial charge in [0.15, 0.2) is 0 Å². The lowest BCUT2D eigenvalue weighted by molar-refractivity contribution is -0.120. The smallest absolute Gasteiger partial charge is 0.253 e. The molecule has 0 radical (unpaired) electrons. The minimum Gasteiger partial charge on any atom is -0.352 e. The molecule has 1 amide bonds. The van der Waals surface area contributed by atoms with Crippen molar-refractivity contribution in [1.82, 2.24) is 24.9 Å². The average Bonchev–Trinajstić information content (AvgIpc) is 2.93. The van der Waals surface area contributed by atoms with Gasteiger partial charge in [0.25, 0.3) is 5.78 Å². The lowest BCUT2D eigenvalue weighted by Crippen LogP contribution is -2.44. The van der Waals surface area contributed by atoms with Gasteiger partial charge in [-0.2, -0.15) is 4.98 Å². The molecular formula is C17H25N5OS. The largest absolute Gasteiger partial charge is 0.352 e. The molecule has 0 unspecified atom stereocenters. The predicted octanol–water partition coefficient (Wildman–Crippen LogP) is 2.77. The Labute approximate surface area is 146 Å². The molecule has 6 nitrogen and oxygen atoms in total. The van der Waals surface area contributed by atoms with Crippen LogP contribution in [0.3, 0.4) is 0 Å². The molecule has 1 fully saturated rings. The number of rotatable bonds is 4. The standard InChI is InChI=1S/C17H25N5OS/c1-10-6-5-7-14(13(10)4)19-15(23)9-24-17-20-16-18-11(2)8-12(3)22(16)21-17/h8,10,13-14H,5-7,9H2,1-4H3,(H,19,23)/t10-,13-,14-/m1/s1. The second kappa shape index (κ2) is 7.09. The van der Waals surface area contributed by atoms with Gasteiger partial charge in [0, 0.05) is 17.4 Å². The highest BCUT2D eigenvalue weighted by Crippen LogP contribution is 2.29. The Morgan fingerprint density at radius 2 is 2.12 bits per heavy atom. The summed E-state index contributed by atoms with van der Waals surface area (Å²) in [4.78, 5) is 21.0. The molecule has 1 aliphatic carbocycles. The van der Waals surface area contributed by atoms with Gasteiger partial charge in [-0.15, -0.1) is 5.10 Å². The lowest BCUT2D eigenvalue weighted by Gasteiger charge is -2.34. The molecule has 24 heavy (non-hydrogen) atoms. The van der Waals surface area contributed by atoms with Gasteiger partial charge in [-0.1, -0.05) is 38.5 Å². The van der Waals surface area contributed by atoms with Crippen molar-refractivity contribution in [2.75, 3.05) is 5.75 Å². The fraction of sp³-hybridized carbons (Fsp3) is 0.647. The molecule has 7 heteroatoms. The average molecular weight is 347 g/mol. The minimum atomic E-state index is 0.0608. The van der Waals surface area contributed by atoms with E-state index in [0.29, 0.717) is 34.6 Å². The summed E-state index contributed by atoms with van der Waals surface area (Å²) >= 11 is 1.36. The van der Waals surface area contributed by atoms with E-state index in [1.54, 1.807) is 4.52 Å². The molecule has 130 valence electrons. The molecule has 0 spiro atoms. The van der Waals surface area contributed by atoms with Crippen LogP contribution in [0.1, 0.15) is 44.5 Å². The van der Waals surface area contributed by atoms with E-state index in [-0.39, 0.29) is 5.91 Å². The summed E-state index contributed by atoms with van der Waals surface area (Å²) in [6, 6.07) is 2.26. The summed E-state index contributed by atoms with van der Waals surface area (Å²) in [5, 5.41) is 8.20. The highest BCUT2D eigenvalue weighted by atomic mass is 32.2. The van der Waals surface area contributed by atoms with Crippen LogP contribution >= 0.6 is 11.8 Å². The van der Waals surface area contributed by atoms with Crippen molar-refractivity contribution in [3.05, 3.63) is 17.5 Å². The van der Waals surface area contributed by atoms with Crippen molar-refractivity contribution in [3.63, 3.8) is 0 Å². The van der Waals surface area contributed by atoms with Crippen molar-refractivity contribution in [2.24, 2.45) is 11.8 Å². The second-order valence-electron chi connectivity index (χ2n) is 6.88. The van der Waals surface area contributed by atoms with Crippen molar-refractivity contribution in [3.8, 4) is 0 Å².